The summed E-state index contributed by atoms with van der Waals surface area (Å²) < 4.78 is 12.9. The zero-order valence-electron chi connectivity index (χ0n) is 13.4. The molecule has 1 heterocycles. The van der Waals surface area contributed by atoms with Gasteiger partial charge in [-0.05, 0) is 51.5 Å². The van der Waals surface area contributed by atoms with E-state index in [1.165, 1.54) is 4.68 Å². The van der Waals surface area contributed by atoms with Gasteiger partial charge in [-0.2, -0.15) is 5.10 Å². The molecule has 0 atom stereocenters. The number of aromatic nitrogens is 2. The van der Waals surface area contributed by atoms with Crippen LogP contribution in [0, 0.1) is 6.92 Å². The van der Waals surface area contributed by atoms with Gasteiger partial charge in [-0.25, -0.2) is 9.66 Å². The Hall–Kier alpha value is -2.50. The largest absolute Gasteiger partial charge is 0.490 e. The van der Waals surface area contributed by atoms with Gasteiger partial charge in [-0.1, -0.05) is 0 Å². The van der Waals surface area contributed by atoms with Gasteiger partial charge in [-0.15, -0.1) is 0 Å². The number of hydrogen-bond acceptors (Lipinski definition) is 5. The second-order valence-corrected chi connectivity index (χ2v) is 5.14. The highest BCUT2D eigenvalue weighted by atomic mass is 16.5. The van der Waals surface area contributed by atoms with Crippen LogP contribution in [0.3, 0.4) is 0 Å². The van der Waals surface area contributed by atoms with Crippen molar-refractivity contribution in [1.29, 1.82) is 0 Å². The Morgan fingerprint density at radius 1 is 1.36 bits per heavy atom. The van der Waals surface area contributed by atoms with E-state index in [0.29, 0.717) is 18.3 Å². The predicted octanol–water partition coefficient (Wildman–Crippen LogP) is 2.84. The van der Waals surface area contributed by atoms with E-state index in [1.54, 1.807) is 12.4 Å². The van der Waals surface area contributed by atoms with Crippen LogP contribution in [-0.2, 0) is 0 Å². The van der Waals surface area contributed by atoms with E-state index in [4.69, 9.17) is 15.2 Å². The summed E-state index contributed by atoms with van der Waals surface area (Å²) in [4.78, 5) is 4.10. The van der Waals surface area contributed by atoms with Crippen LogP contribution in [0.25, 0.3) is 0 Å². The van der Waals surface area contributed by atoms with E-state index in [2.05, 4.69) is 10.1 Å². The molecule has 2 rings (SSSR count). The Morgan fingerprint density at radius 3 is 2.73 bits per heavy atom. The van der Waals surface area contributed by atoms with Gasteiger partial charge in [0.05, 0.1) is 30.8 Å². The standard InChI is InChI=1S/C16H22N4O2/c1-5-21-15-8-13(6-7-14(15)22-11(2)3)9-18-20-10-12(4)19-16(20)17/h6-11H,5H2,1-4H3,(H2,17,19). The van der Waals surface area contributed by atoms with Crippen molar-refractivity contribution in [2.45, 2.75) is 33.8 Å². The summed E-state index contributed by atoms with van der Waals surface area (Å²) in [6, 6.07) is 5.70. The number of hydrogen-bond donors (Lipinski definition) is 1. The number of ether oxygens (including phenoxy) is 2. The lowest BCUT2D eigenvalue weighted by Gasteiger charge is -2.14. The van der Waals surface area contributed by atoms with E-state index >= 15 is 0 Å². The fourth-order valence-electron chi connectivity index (χ4n) is 1.95. The topological polar surface area (TPSA) is 74.7 Å². The maximum absolute atomic E-state index is 5.76. The summed E-state index contributed by atoms with van der Waals surface area (Å²) in [5.41, 5.74) is 7.47. The number of anilines is 1. The van der Waals surface area contributed by atoms with Gasteiger partial charge in [0.2, 0.25) is 5.95 Å². The van der Waals surface area contributed by atoms with Crippen LogP contribution in [0.5, 0.6) is 11.5 Å². The van der Waals surface area contributed by atoms with E-state index < -0.39 is 0 Å². The molecule has 0 saturated heterocycles. The van der Waals surface area contributed by atoms with Gasteiger partial charge in [0.15, 0.2) is 11.5 Å². The van der Waals surface area contributed by atoms with Gasteiger partial charge < -0.3 is 15.2 Å². The summed E-state index contributed by atoms with van der Waals surface area (Å²) in [6.45, 7) is 8.34. The average Bonchev–Trinajstić information content (AvgIpc) is 2.77. The number of benzene rings is 1. The normalized spacial score (nSPS) is 11.3. The maximum Gasteiger partial charge on any atom is 0.221 e. The monoisotopic (exact) mass is 302 g/mol. The van der Waals surface area contributed by atoms with Crippen LogP contribution in [0.4, 0.5) is 5.95 Å². The van der Waals surface area contributed by atoms with Crippen molar-refractivity contribution in [2.75, 3.05) is 12.3 Å². The van der Waals surface area contributed by atoms with Crippen molar-refractivity contribution in [2.24, 2.45) is 5.10 Å². The Labute approximate surface area is 130 Å². The zero-order valence-corrected chi connectivity index (χ0v) is 13.4. The molecule has 0 saturated carbocycles. The number of rotatable bonds is 6. The van der Waals surface area contributed by atoms with E-state index in [1.807, 2.05) is 45.9 Å². The van der Waals surface area contributed by atoms with Gasteiger partial charge in [0, 0.05) is 0 Å². The molecule has 1 aromatic carbocycles. The number of imidazole rings is 1. The van der Waals surface area contributed by atoms with Crippen molar-refractivity contribution >= 4 is 12.2 Å². The molecule has 0 aliphatic heterocycles. The highest BCUT2D eigenvalue weighted by molar-refractivity contribution is 5.81. The van der Waals surface area contributed by atoms with Gasteiger partial charge in [0.1, 0.15) is 0 Å². The molecular formula is C16H22N4O2. The zero-order chi connectivity index (χ0) is 16.1. The molecule has 0 spiro atoms. The first kappa shape index (κ1) is 15.9. The second-order valence-electron chi connectivity index (χ2n) is 5.14. The lowest BCUT2D eigenvalue weighted by molar-refractivity contribution is 0.224. The molecule has 0 amide bonds. The molecule has 6 nitrogen and oxygen atoms in total. The lowest BCUT2D eigenvalue weighted by atomic mass is 10.2. The fourth-order valence-corrected chi connectivity index (χ4v) is 1.95. The molecule has 0 aliphatic rings. The van der Waals surface area contributed by atoms with E-state index in [-0.39, 0.29) is 6.10 Å². The van der Waals surface area contributed by atoms with Crippen LogP contribution in [0.1, 0.15) is 32.0 Å². The fraction of sp³-hybridized carbons (Fsp3) is 0.375. The molecule has 0 unspecified atom stereocenters. The molecule has 6 heteroatoms. The van der Waals surface area contributed by atoms with Crippen LogP contribution in [0.2, 0.25) is 0 Å². The number of nitrogen functional groups attached to an aromatic ring is 1. The third-order valence-corrected chi connectivity index (χ3v) is 2.80. The number of aryl methyl sites for hydroxylation is 1. The smallest absolute Gasteiger partial charge is 0.221 e. The minimum atomic E-state index is 0.0902. The van der Waals surface area contributed by atoms with Gasteiger partial charge in [0.25, 0.3) is 0 Å². The highest BCUT2D eigenvalue weighted by Gasteiger charge is 2.07. The molecular weight excluding hydrogens is 280 g/mol. The highest BCUT2D eigenvalue weighted by Crippen LogP contribution is 2.29. The van der Waals surface area contributed by atoms with Gasteiger partial charge >= 0.3 is 0 Å². The molecule has 22 heavy (non-hydrogen) atoms. The van der Waals surface area contributed by atoms with E-state index in [9.17, 15) is 0 Å². The molecule has 0 aliphatic carbocycles. The first-order chi connectivity index (χ1) is 10.5. The summed E-state index contributed by atoms with van der Waals surface area (Å²) in [5, 5.41) is 4.30. The molecule has 0 radical (unpaired) electrons. The van der Waals surface area contributed by atoms with Crippen LogP contribution >= 0.6 is 0 Å². The Morgan fingerprint density at radius 2 is 2.14 bits per heavy atom. The summed E-state index contributed by atoms with van der Waals surface area (Å²) in [7, 11) is 0. The van der Waals surface area contributed by atoms with Crippen molar-refractivity contribution in [3.8, 4) is 11.5 Å². The maximum atomic E-state index is 5.76. The van der Waals surface area contributed by atoms with Crippen molar-refractivity contribution in [3.63, 3.8) is 0 Å². The quantitative estimate of drug-likeness (QED) is 0.833. The van der Waals surface area contributed by atoms with Crippen LogP contribution in [0.15, 0.2) is 29.5 Å². The number of nitrogens with two attached hydrogens (primary N) is 1. The van der Waals surface area contributed by atoms with Crippen LogP contribution < -0.4 is 15.2 Å². The molecule has 0 fully saturated rings. The molecule has 2 N–H and O–H groups in total. The van der Waals surface area contributed by atoms with E-state index in [0.717, 1.165) is 17.0 Å². The summed E-state index contributed by atoms with van der Waals surface area (Å²) >= 11 is 0. The molecule has 118 valence electrons. The first-order valence-corrected chi connectivity index (χ1v) is 7.29. The summed E-state index contributed by atoms with van der Waals surface area (Å²) in [5.74, 6) is 1.79. The molecule has 1 aromatic heterocycles. The van der Waals surface area contributed by atoms with Crippen molar-refractivity contribution in [3.05, 3.63) is 35.7 Å². The average molecular weight is 302 g/mol. The number of nitrogens with zero attached hydrogens (tertiary/aromatic N) is 3. The van der Waals surface area contributed by atoms with Gasteiger partial charge in [-0.3, -0.25) is 0 Å². The Bertz CT molecular complexity index is 662. The Kier molecular flexibility index (Phi) is 5.04. The molecule has 0 bridgehead atoms. The molecule has 2 aromatic rings. The third-order valence-electron chi connectivity index (χ3n) is 2.80. The summed E-state index contributed by atoms with van der Waals surface area (Å²) in [6.07, 6.45) is 3.57. The third kappa shape index (κ3) is 4.00. The predicted molar refractivity (Wildman–Crippen MR) is 87.7 cm³/mol. The van der Waals surface area contributed by atoms with Crippen molar-refractivity contribution in [1.82, 2.24) is 9.66 Å². The van der Waals surface area contributed by atoms with Crippen molar-refractivity contribution < 1.29 is 9.47 Å². The second kappa shape index (κ2) is 6.98. The Balaban J connectivity index is 2.24. The van der Waals surface area contributed by atoms with Crippen LogP contribution in [-0.4, -0.2) is 28.6 Å². The SMILES string of the molecule is CCOc1cc(C=Nn2cc(C)nc2N)ccc1OC(C)C. The first-order valence-electron chi connectivity index (χ1n) is 7.29. The minimum Gasteiger partial charge on any atom is -0.490 e. The lowest BCUT2D eigenvalue weighted by Crippen LogP contribution is -2.07. The minimum absolute atomic E-state index is 0.0902.